The molecule has 2 heterocycles. The number of anilines is 6. The van der Waals surface area contributed by atoms with Crippen molar-refractivity contribution in [2.24, 2.45) is 0 Å². The maximum atomic E-state index is 9.70. The minimum atomic E-state index is -0.237. The quantitative estimate of drug-likeness (QED) is 0.133. The normalized spacial score (nSPS) is 13.0. The lowest BCUT2D eigenvalue weighted by Gasteiger charge is -2.46. The Morgan fingerprint density at radius 2 is 0.644 bits per heavy atom. The van der Waals surface area contributed by atoms with Crippen LogP contribution in [-0.4, -0.2) is 6.71 Å². The van der Waals surface area contributed by atoms with Crippen molar-refractivity contribution in [2.45, 2.75) is 78.6 Å². The number of fused-ring (bicyclic) bond motifs is 4. The van der Waals surface area contributed by atoms with Crippen molar-refractivity contribution in [3.63, 3.8) is 0 Å². The molecule has 0 aromatic heterocycles. The highest BCUT2D eigenvalue weighted by molar-refractivity contribution is 7.00. The van der Waals surface area contributed by atoms with Crippen LogP contribution in [0.4, 0.5) is 34.1 Å². The van der Waals surface area contributed by atoms with E-state index >= 15 is 0 Å². The second kappa shape index (κ2) is 21.7. The van der Waals surface area contributed by atoms with Gasteiger partial charge in [0.25, 0.3) is 6.71 Å². The molecule has 0 amide bonds. The topological polar surface area (TPSA) is 6.48 Å². The van der Waals surface area contributed by atoms with Crippen LogP contribution in [0.5, 0.6) is 0 Å². The second-order valence-electron chi connectivity index (χ2n) is 26.8. The SMILES string of the molecule is [2H]c1cc(-c2ccccc2)c(N2c3ccc(-c4ccccc4)cc3B3c4cc(-c5ccccc5)ccc4N(c4c(-c5ccccc5)cc(C(C)(C)C)cc4-c4ccccc4)c4cc(-c5ccc(C(C)(C)C)cc5C(C)(C)C)cc2c43)c(-c2ccccc2)c1. The third-order valence-corrected chi connectivity index (χ3v) is 18.0. The third-order valence-electron chi connectivity index (χ3n) is 18.0. The van der Waals surface area contributed by atoms with Gasteiger partial charge in [-0.3, -0.25) is 0 Å². The molecule has 3 heteroatoms. The van der Waals surface area contributed by atoms with Crippen LogP contribution in [-0.2, 0) is 16.2 Å². The van der Waals surface area contributed by atoms with Crippen LogP contribution in [0, 0.1) is 0 Å². The molecular weight excluding hydrogens is 1050 g/mol. The minimum Gasteiger partial charge on any atom is -0.310 e. The van der Waals surface area contributed by atoms with E-state index in [0.29, 0.717) is 6.04 Å². The molecule has 12 aromatic rings. The summed E-state index contributed by atoms with van der Waals surface area (Å²) in [7, 11) is 0. The van der Waals surface area contributed by atoms with Gasteiger partial charge in [0.1, 0.15) is 0 Å². The Morgan fingerprint density at radius 1 is 0.276 bits per heavy atom. The molecule has 0 saturated heterocycles. The molecule has 0 atom stereocenters. The van der Waals surface area contributed by atoms with Gasteiger partial charge in [-0.2, -0.15) is 0 Å². The fourth-order valence-electron chi connectivity index (χ4n) is 13.5. The Kier molecular flexibility index (Phi) is 13.4. The number of para-hydroxylation sites is 1. The number of rotatable bonds is 9. The molecule has 0 spiro atoms. The molecule has 422 valence electrons. The minimum absolute atomic E-state index is 0.0710. The molecule has 2 nitrogen and oxygen atoms in total. The molecule has 0 saturated carbocycles. The van der Waals surface area contributed by atoms with Crippen LogP contribution in [0.2, 0.25) is 0 Å². The Balaban J connectivity index is 1.22. The number of benzene rings is 12. The first-order chi connectivity index (χ1) is 42.5. The molecule has 2 aliphatic rings. The number of hydrogen-bond donors (Lipinski definition) is 0. The summed E-state index contributed by atoms with van der Waals surface area (Å²) in [5.41, 5.74) is 29.3. The first-order valence-electron chi connectivity index (χ1n) is 31.3. The van der Waals surface area contributed by atoms with Gasteiger partial charge in [0.05, 0.1) is 12.7 Å². The molecule has 12 aromatic carbocycles. The Bertz CT molecular complexity index is 4470. The van der Waals surface area contributed by atoms with Crippen LogP contribution in [0.3, 0.4) is 0 Å². The summed E-state index contributed by atoms with van der Waals surface area (Å²) < 4.78 is 9.70. The molecule has 0 fully saturated rings. The summed E-state index contributed by atoms with van der Waals surface area (Å²) in [5, 5.41) is 0. The summed E-state index contributed by atoms with van der Waals surface area (Å²) >= 11 is 0. The van der Waals surface area contributed by atoms with Gasteiger partial charge in [0.2, 0.25) is 0 Å². The Morgan fingerprint density at radius 3 is 1.02 bits per heavy atom. The van der Waals surface area contributed by atoms with Gasteiger partial charge in [-0.25, -0.2) is 0 Å². The van der Waals surface area contributed by atoms with E-state index in [1.165, 1.54) is 44.2 Å². The van der Waals surface area contributed by atoms with Crippen molar-refractivity contribution in [3.05, 3.63) is 296 Å². The highest BCUT2D eigenvalue weighted by Gasteiger charge is 2.46. The van der Waals surface area contributed by atoms with E-state index in [2.05, 4.69) is 345 Å². The maximum absolute atomic E-state index is 9.70. The van der Waals surface area contributed by atoms with Crippen molar-refractivity contribution in [2.75, 3.05) is 9.80 Å². The Hall–Kier alpha value is -9.70. The molecule has 0 N–H and O–H groups in total. The highest BCUT2D eigenvalue weighted by Crippen LogP contribution is 2.55. The van der Waals surface area contributed by atoms with E-state index in [1.54, 1.807) is 0 Å². The van der Waals surface area contributed by atoms with Crippen LogP contribution in [0.1, 0.15) is 80.4 Å². The molecule has 0 radical (unpaired) electrons. The number of nitrogens with zero attached hydrogens (tertiary/aromatic N) is 2. The monoisotopic (exact) mass is 1120 g/mol. The second-order valence-corrected chi connectivity index (χ2v) is 26.8. The third kappa shape index (κ3) is 10.00. The Labute approximate surface area is 517 Å². The zero-order valence-electron chi connectivity index (χ0n) is 52.5. The molecular formula is C84H73BN2. The van der Waals surface area contributed by atoms with E-state index in [4.69, 9.17) is 0 Å². The lowest BCUT2D eigenvalue weighted by atomic mass is 9.33. The van der Waals surface area contributed by atoms with Gasteiger partial charge in [-0.15, -0.1) is 0 Å². The standard InChI is InChI=1S/C84H73BN2/c1-82(2,3)65-45-46-67(72(55-65)84(7,8)9)64-51-77-79-78(52-64)87(81-70(60-37-24-14-25-38-60)53-66(83(4,5)6)54-71(81)61-39-26-15-27-40-61)76-48-44-63(57-31-18-11-19-32-57)50-74(76)85(79)73-49-62(56-29-16-10-17-30-56)43-47-75(73)86(77)80-68(58-33-20-12-21-34-58)41-28-42-69(80)59-35-22-13-23-36-59/h10-55H,1-9H3/i28D. The molecule has 0 unspecified atom stereocenters. The molecule has 0 aliphatic carbocycles. The summed E-state index contributed by atoms with van der Waals surface area (Å²) in [5.74, 6) is 0. The van der Waals surface area contributed by atoms with Gasteiger partial charge < -0.3 is 9.80 Å². The van der Waals surface area contributed by atoms with Crippen molar-refractivity contribution >= 4 is 57.2 Å². The van der Waals surface area contributed by atoms with Gasteiger partial charge in [0, 0.05) is 45.0 Å². The summed E-state index contributed by atoms with van der Waals surface area (Å²) in [4.78, 5) is 5.28. The van der Waals surface area contributed by atoms with Crippen molar-refractivity contribution in [1.29, 1.82) is 0 Å². The van der Waals surface area contributed by atoms with E-state index in [-0.39, 0.29) is 23.0 Å². The first-order valence-corrected chi connectivity index (χ1v) is 30.8. The lowest BCUT2D eigenvalue weighted by molar-refractivity contribution is 0.570. The summed E-state index contributed by atoms with van der Waals surface area (Å²) in [6.07, 6.45) is 0. The van der Waals surface area contributed by atoms with Crippen molar-refractivity contribution in [3.8, 4) is 77.9 Å². The largest absolute Gasteiger partial charge is 0.310 e. The van der Waals surface area contributed by atoms with Crippen LogP contribution >= 0.6 is 0 Å². The van der Waals surface area contributed by atoms with Crippen LogP contribution < -0.4 is 26.2 Å². The predicted octanol–water partition coefficient (Wildman–Crippen LogP) is 21.3. The molecule has 2 aliphatic heterocycles. The van der Waals surface area contributed by atoms with Gasteiger partial charge in [-0.1, -0.05) is 305 Å². The average molecular weight is 1120 g/mol. The van der Waals surface area contributed by atoms with E-state index < -0.39 is 0 Å². The molecule has 0 bridgehead atoms. The van der Waals surface area contributed by atoms with Crippen molar-refractivity contribution < 1.29 is 1.37 Å². The summed E-state index contributed by atoms with van der Waals surface area (Å²) in [6, 6.07) is 102. The van der Waals surface area contributed by atoms with Gasteiger partial charge in [0.15, 0.2) is 0 Å². The fourth-order valence-corrected chi connectivity index (χ4v) is 13.5. The predicted molar refractivity (Wildman–Crippen MR) is 375 cm³/mol. The average Bonchev–Trinajstić information content (AvgIpc) is 0.698. The zero-order chi connectivity index (χ0) is 60.6. The van der Waals surface area contributed by atoms with Gasteiger partial charge in [-0.05, 0) is 141 Å². The van der Waals surface area contributed by atoms with Crippen LogP contribution in [0.15, 0.2) is 279 Å². The fraction of sp³-hybridized carbons (Fsp3) is 0.143. The highest BCUT2D eigenvalue weighted by atomic mass is 15.2. The maximum Gasteiger partial charge on any atom is 0.252 e. The summed E-state index contributed by atoms with van der Waals surface area (Å²) in [6.45, 7) is 20.9. The van der Waals surface area contributed by atoms with E-state index in [1.807, 2.05) is 0 Å². The smallest absolute Gasteiger partial charge is 0.252 e. The molecule has 87 heavy (non-hydrogen) atoms. The van der Waals surface area contributed by atoms with E-state index in [0.717, 1.165) is 101 Å². The number of hydrogen-bond acceptors (Lipinski definition) is 2. The van der Waals surface area contributed by atoms with Crippen LogP contribution in [0.25, 0.3) is 77.9 Å². The zero-order valence-corrected chi connectivity index (χ0v) is 51.5. The van der Waals surface area contributed by atoms with Gasteiger partial charge >= 0.3 is 0 Å². The lowest BCUT2D eigenvalue weighted by Crippen LogP contribution is -2.61. The van der Waals surface area contributed by atoms with Crippen molar-refractivity contribution in [1.82, 2.24) is 0 Å². The van der Waals surface area contributed by atoms with E-state index in [9.17, 15) is 1.37 Å². The molecule has 14 rings (SSSR count). The first kappa shape index (κ1) is 54.0.